The van der Waals surface area contributed by atoms with Crippen molar-refractivity contribution in [2.75, 3.05) is 41.7 Å². The van der Waals surface area contributed by atoms with E-state index in [2.05, 4.69) is 26.7 Å². The Balaban J connectivity index is 1.77. The Morgan fingerprint density at radius 1 is 1.09 bits per heavy atom. The summed E-state index contributed by atoms with van der Waals surface area (Å²) in [6.07, 6.45) is 4.06. The van der Waals surface area contributed by atoms with E-state index in [1.807, 2.05) is 6.07 Å². The molecule has 2 saturated heterocycles. The van der Waals surface area contributed by atoms with Gasteiger partial charge < -0.3 is 9.80 Å². The predicted molar refractivity (Wildman–Crippen MR) is 88.1 cm³/mol. The molecule has 2 atom stereocenters. The summed E-state index contributed by atoms with van der Waals surface area (Å²) >= 11 is 0. The molecule has 22 heavy (non-hydrogen) atoms. The largest absolute Gasteiger partial charge is 0.356 e. The van der Waals surface area contributed by atoms with Crippen LogP contribution in [0.4, 0.5) is 11.6 Å². The second-order valence-electron chi connectivity index (χ2n) is 6.55. The molecule has 0 aromatic carbocycles. The molecule has 2 fully saturated rings. The zero-order valence-corrected chi connectivity index (χ0v) is 14.1. The highest BCUT2D eigenvalue weighted by Gasteiger charge is 2.30. The summed E-state index contributed by atoms with van der Waals surface area (Å²) in [5.41, 5.74) is 0. The van der Waals surface area contributed by atoms with Gasteiger partial charge in [0, 0.05) is 32.2 Å². The molecule has 6 nitrogen and oxygen atoms in total. The minimum absolute atomic E-state index is 0.203. The first kappa shape index (κ1) is 15.5. The van der Waals surface area contributed by atoms with Crippen LogP contribution in [-0.2, 0) is 9.84 Å². The van der Waals surface area contributed by atoms with Crippen molar-refractivity contribution < 1.29 is 8.42 Å². The van der Waals surface area contributed by atoms with Crippen LogP contribution < -0.4 is 9.80 Å². The minimum Gasteiger partial charge on any atom is -0.356 e. The molecule has 0 N–H and O–H groups in total. The quantitative estimate of drug-likeness (QED) is 0.818. The molecule has 7 heteroatoms. The maximum absolute atomic E-state index is 11.8. The van der Waals surface area contributed by atoms with E-state index < -0.39 is 9.84 Å². The van der Waals surface area contributed by atoms with Crippen LogP contribution in [0.2, 0.25) is 0 Å². The van der Waals surface area contributed by atoms with Gasteiger partial charge in [0.1, 0.15) is 18.0 Å². The summed E-state index contributed by atoms with van der Waals surface area (Å²) in [5, 5.41) is -0.338. The minimum atomic E-state index is -2.94. The van der Waals surface area contributed by atoms with Crippen LogP contribution in [0.3, 0.4) is 0 Å². The van der Waals surface area contributed by atoms with E-state index in [4.69, 9.17) is 0 Å². The van der Waals surface area contributed by atoms with Gasteiger partial charge in [-0.05, 0) is 25.7 Å². The fraction of sp³-hybridized carbons (Fsp3) is 0.733. The lowest BCUT2D eigenvalue weighted by molar-refractivity contribution is 0.444. The summed E-state index contributed by atoms with van der Waals surface area (Å²) < 4.78 is 23.7. The van der Waals surface area contributed by atoms with Gasteiger partial charge in [-0.15, -0.1) is 0 Å². The highest BCUT2D eigenvalue weighted by atomic mass is 32.2. The fourth-order valence-electron chi connectivity index (χ4n) is 3.24. The maximum Gasteiger partial charge on any atom is 0.156 e. The Morgan fingerprint density at radius 3 is 2.41 bits per heavy atom. The van der Waals surface area contributed by atoms with Crippen LogP contribution in [0.5, 0.6) is 0 Å². The van der Waals surface area contributed by atoms with Crippen molar-refractivity contribution in [3.05, 3.63) is 12.4 Å². The number of hydrogen-bond donors (Lipinski definition) is 0. The van der Waals surface area contributed by atoms with Crippen molar-refractivity contribution in [2.45, 2.75) is 31.9 Å². The summed E-state index contributed by atoms with van der Waals surface area (Å²) in [7, 11) is -2.94. The number of anilines is 2. The fourth-order valence-corrected chi connectivity index (χ4v) is 4.53. The van der Waals surface area contributed by atoms with E-state index >= 15 is 0 Å². The van der Waals surface area contributed by atoms with Crippen molar-refractivity contribution in [3.8, 4) is 0 Å². The molecule has 0 bridgehead atoms. The monoisotopic (exact) mass is 324 g/mol. The Hall–Kier alpha value is -1.37. The van der Waals surface area contributed by atoms with Gasteiger partial charge in [-0.1, -0.05) is 6.92 Å². The van der Waals surface area contributed by atoms with E-state index in [0.29, 0.717) is 19.0 Å². The second kappa shape index (κ2) is 6.02. The van der Waals surface area contributed by atoms with Gasteiger partial charge in [0.05, 0.1) is 11.0 Å². The van der Waals surface area contributed by atoms with Crippen molar-refractivity contribution in [1.29, 1.82) is 0 Å². The zero-order chi connectivity index (χ0) is 15.7. The van der Waals surface area contributed by atoms with Gasteiger partial charge in [-0.25, -0.2) is 18.4 Å². The number of hydrogen-bond acceptors (Lipinski definition) is 6. The number of sulfone groups is 1. The SMILES string of the molecule is C[C@@H]1CCCN(c2cc(N3CCS(=O)(=O)[C@H](C)C3)ncn2)C1. The van der Waals surface area contributed by atoms with Gasteiger partial charge in [-0.3, -0.25) is 0 Å². The standard InChI is InChI=1S/C15H24N4O2S/c1-12-4-3-5-18(9-12)14-8-15(17-11-16-14)19-6-7-22(20,21)13(2)10-19/h8,11-13H,3-7,9-10H2,1-2H3/t12-,13-/m1/s1. The molecule has 0 aliphatic carbocycles. The Labute approximate surface area is 132 Å². The molecule has 1 aromatic heterocycles. The van der Waals surface area contributed by atoms with Crippen LogP contribution in [0.25, 0.3) is 0 Å². The van der Waals surface area contributed by atoms with Gasteiger partial charge in [0.2, 0.25) is 0 Å². The molecule has 2 aliphatic heterocycles. The normalized spacial score (nSPS) is 28.6. The molecule has 0 amide bonds. The molecule has 3 rings (SSSR count). The average molecular weight is 324 g/mol. The Bertz CT molecular complexity index is 634. The first-order valence-corrected chi connectivity index (χ1v) is 9.71. The average Bonchev–Trinajstić information content (AvgIpc) is 2.50. The van der Waals surface area contributed by atoms with Crippen molar-refractivity contribution in [3.63, 3.8) is 0 Å². The topological polar surface area (TPSA) is 66.4 Å². The third kappa shape index (κ3) is 3.19. The maximum atomic E-state index is 11.8. The molecule has 0 radical (unpaired) electrons. The third-order valence-corrected chi connectivity index (χ3v) is 6.81. The number of aromatic nitrogens is 2. The number of piperidine rings is 1. The molecule has 3 heterocycles. The smallest absolute Gasteiger partial charge is 0.156 e. The number of nitrogens with zero attached hydrogens (tertiary/aromatic N) is 4. The molecule has 1 aromatic rings. The highest BCUT2D eigenvalue weighted by molar-refractivity contribution is 7.92. The first-order valence-electron chi connectivity index (χ1n) is 7.99. The van der Waals surface area contributed by atoms with Gasteiger partial charge >= 0.3 is 0 Å². The molecule has 2 aliphatic rings. The lowest BCUT2D eigenvalue weighted by Gasteiger charge is -2.34. The van der Waals surface area contributed by atoms with Gasteiger partial charge in [0.15, 0.2) is 9.84 Å². The summed E-state index contributed by atoms with van der Waals surface area (Å²) in [6.45, 7) is 7.13. The zero-order valence-electron chi connectivity index (χ0n) is 13.3. The summed E-state index contributed by atoms with van der Waals surface area (Å²) in [6, 6.07) is 2.00. The van der Waals surface area contributed by atoms with E-state index in [1.54, 1.807) is 13.3 Å². The second-order valence-corrected chi connectivity index (χ2v) is 9.09. The van der Waals surface area contributed by atoms with E-state index in [0.717, 1.165) is 24.7 Å². The molecular weight excluding hydrogens is 300 g/mol. The highest BCUT2D eigenvalue weighted by Crippen LogP contribution is 2.25. The molecular formula is C15H24N4O2S. The van der Waals surface area contributed by atoms with Crippen LogP contribution >= 0.6 is 0 Å². The van der Waals surface area contributed by atoms with Crippen LogP contribution in [0, 0.1) is 5.92 Å². The van der Waals surface area contributed by atoms with Gasteiger partial charge in [0.25, 0.3) is 0 Å². The van der Waals surface area contributed by atoms with Crippen LogP contribution in [-0.4, -0.2) is 55.6 Å². The van der Waals surface area contributed by atoms with Crippen molar-refractivity contribution >= 4 is 21.5 Å². The van der Waals surface area contributed by atoms with Crippen LogP contribution in [0.1, 0.15) is 26.7 Å². The van der Waals surface area contributed by atoms with Crippen molar-refractivity contribution in [1.82, 2.24) is 9.97 Å². The first-order chi connectivity index (χ1) is 10.5. The van der Waals surface area contributed by atoms with Crippen molar-refractivity contribution in [2.24, 2.45) is 5.92 Å². The molecule has 0 unspecified atom stereocenters. The molecule has 0 saturated carbocycles. The van der Waals surface area contributed by atoms with E-state index in [9.17, 15) is 8.42 Å². The lowest BCUT2D eigenvalue weighted by atomic mass is 10.0. The van der Waals surface area contributed by atoms with Crippen LogP contribution in [0.15, 0.2) is 12.4 Å². The Morgan fingerprint density at radius 2 is 1.77 bits per heavy atom. The van der Waals surface area contributed by atoms with E-state index in [1.165, 1.54) is 12.8 Å². The number of rotatable bonds is 2. The Kier molecular flexibility index (Phi) is 4.25. The summed E-state index contributed by atoms with van der Waals surface area (Å²) in [5.74, 6) is 2.68. The molecule has 0 spiro atoms. The third-order valence-electron chi connectivity index (χ3n) is 4.68. The summed E-state index contributed by atoms with van der Waals surface area (Å²) in [4.78, 5) is 13.1. The lowest BCUT2D eigenvalue weighted by Crippen LogP contribution is -2.46. The molecule has 122 valence electrons. The van der Waals surface area contributed by atoms with E-state index in [-0.39, 0.29) is 11.0 Å². The predicted octanol–water partition coefficient (Wildman–Crippen LogP) is 1.34. The van der Waals surface area contributed by atoms with Gasteiger partial charge in [-0.2, -0.15) is 0 Å².